The van der Waals surface area contributed by atoms with Crippen LogP contribution in [0.25, 0.3) is 22.3 Å². The van der Waals surface area contributed by atoms with E-state index in [0.717, 1.165) is 28.8 Å². The van der Waals surface area contributed by atoms with E-state index in [-0.39, 0.29) is 17.2 Å². The highest BCUT2D eigenvalue weighted by Crippen LogP contribution is 2.38. The minimum absolute atomic E-state index is 0.113. The van der Waals surface area contributed by atoms with E-state index >= 15 is 0 Å². The minimum Gasteiger partial charge on any atom is -0.387 e. The first-order valence-electron chi connectivity index (χ1n) is 18.0. The summed E-state index contributed by atoms with van der Waals surface area (Å²) in [7, 11) is 3.73. The molecule has 0 aliphatic rings. The molecule has 11 heteroatoms. The fraction of sp³-hybridized carbons (Fsp3) is 0.196. The molecule has 0 spiro atoms. The highest BCUT2D eigenvalue weighted by Gasteiger charge is 2.34. The molecule has 0 aromatic heterocycles. The van der Waals surface area contributed by atoms with E-state index < -0.39 is 29.6 Å². The molecule has 0 heterocycles. The van der Waals surface area contributed by atoms with E-state index in [2.05, 4.69) is 5.32 Å². The van der Waals surface area contributed by atoms with Crippen LogP contribution in [0.3, 0.4) is 0 Å². The summed E-state index contributed by atoms with van der Waals surface area (Å²) in [6.07, 6.45) is -9.10. The predicted molar refractivity (Wildman–Crippen MR) is 212 cm³/mol. The van der Waals surface area contributed by atoms with Crippen LogP contribution in [-0.4, -0.2) is 48.6 Å². The van der Waals surface area contributed by atoms with Crippen molar-refractivity contribution >= 4 is 6.29 Å². The zero-order valence-electron chi connectivity index (χ0n) is 31.4. The molecule has 6 rings (SSSR count). The van der Waals surface area contributed by atoms with Gasteiger partial charge in [0.05, 0.1) is 23.3 Å². The van der Waals surface area contributed by atoms with Crippen molar-refractivity contribution in [2.45, 2.75) is 31.1 Å². The van der Waals surface area contributed by atoms with Gasteiger partial charge in [-0.15, -0.1) is 0 Å². The number of alkyl halides is 6. The first-order chi connectivity index (χ1) is 27.2. The van der Waals surface area contributed by atoms with Gasteiger partial charge in [-0.1, -0.05) is 146 Å². The van der Waals surface area contributed by atoms with Gasteiger partial charge in [-0.25, -0.2) is 0 Å². The Morgan fingerprint density at radius 1 is 0.579 bits per heavy atom. The molecule has 0 radical (unpaired) electrons. The summed E-state index contributed by atoms with van der Waals surface area (Å²) in [6.45, 7) is 1.65. The summed E-state index contributed by atoms with van der Waals surface area (Å²) in [5.41, 5.74) is 3.17. The average Bonchev–Trinajstić information content (AvgIpc) is 3.22. The van der Waals surface area contributed by atoms with Crippen molar-refractivity contribution in [1.82, 2.24) is 10.2 Å². The highest BCUT2D eigenvalue weighted by molar-refractivity contribution is 5.77. The van der Waals surface area contributed by atoms with Crippen LogP contribution in [0, 0.1) is 0 Å². The number of benzene rings is 6. The maximum atomic E-state index is 13.2. The van der Waals surface area contributed by atoms with Gasteiger partial charge in [0, 0.05) is 25.2 Å². The number of halogens is 6. The third-order valence-electron chi connectivity index (χ3n) is 8.79. The summed E-state index contributed by atoms with van der Waals surface area (Å²) in [4.78, 5) is 12.5. The van der Waals surface area contributed by atoms with E-state index in [1.807, 2.05) is 91.8 Å². The van der Waals surface area contributed by atoms with Crippen molar-refractivity contribution in [2.75, 3.05) is 27.2 Å². The standard InChI is InChI=1S/C23H22F3NO.C14H9F3O.C9H13NO/c1-27(16-22(28)19-7-3-2-4-8-19)15-17-11-13-18(14-12-17)20-9-5-6-10-21(20)23(24,25)26;15-14(16,17)13-4-2-1-3-12(13)11-7-5-10(9-18)6-8-11;1-10-7-9(11)8-5-3-2-4-6-8/h2-14,22,28H,15-16H2,1H3;1-9H;2-6,9-11H,7H2,1H3. The quantitative estimate of drug-likeness (QED) is 0.0901. The van der Waals surface area contributed by atoms with Crippen molar-refractivity contribution in [3.05, 3.63) is 191 Å². The van der Waals surface area contributed by atoms with Crippen LogP contribution in [0.5, 0.6) is 0 Å². The Kier molecular flexibility index (Phi) is 16.3. The number of nitrogens with one attached hydrogen (secondary N) is 1. The molecule has 6 aromatic carbocycles. The second kappa shape index (κ2) is 21.1. The minimum atomic E-state index is -4.39. The monoisotopic (exact) mass is 786 g/mol. The Hall–Kier alpha value is -5.59. The second-order valence-electron chi connectivity index (χ2n) is 13.1. The number of aliphatic hydroxyl groups is 2. The molecular formula is C46H44F6N2O3. The summed E-state index contributed by atoms with van der Waals surface area (Å²) in [5.74, 6) is 0. The van der Waals surface area contributed by atoms with Crippen LogP contribution >= 0.6 is 0 Å². The third kappa shape index (κ3) is 13.5. The van der Waals surface area contributed by atoms with Gasteiger partial charge in [-0.05, 0) is 65.2 Å². The van der Waals surface area contributed by atoms with E-state index in [0.29, 0.717) is 42.6 Å². The molecule has 0 saturated carbocycles. The normalized spacial score (nSPS) is 12.4. The molecule has 57 heavy (non-hydrogen) atoms. The summed E-state index contributed by atoms with van der Waals surface area (Å²) >= 11 is 0. The summed E-state index contributed by atoms with van der Waals surface area (Å²) in [5, 5.41) is 22.7. The molecule has 5 nitrogen and oxygen atoms in total. The molecule has 6 aromatic rings. The fourth-order valence-corrected chi connectivity index (χ4v) is 5.93. The Morgan fingerprint density at radius 3 is 1.40 bits per heavy atom. The van der Waals surface area contributed by atoms with Gasteiger partial charge in [0.1, 0.15) is 6.29 Å². The molecule has 0 aliphatic heterocycles. The number of hydrogen-bond acceptors (Lipinski definition) is 5. The van der Waals surface area contributed by atoms with Gasteiger partial charge in [0.15, 0.2) is 0 Å². The van der Waals surface area contributed by atoms with Crippen LogP contribution in [0.4, 0.5) is 26.3 Å². The molecule has 2 atom stereocenters. The zero-order valence-corrected chi connectivity index (χ0v) is 31.4. The van der Waals surface area contributed by atoms with Gasteiger partial charge in [0.25, 0.3) is 0 Å². The van der Waals surface area contributed by atoms with E-state index in [1.165, 1.54) is 48.5 Å². The zero-order chi connectivity index (χ0) is 41.4. The van der Waals surface area contributed by atoms with E-state index in [9.17, 15) is 41.4 Å². The van der Waals surface area contributed by atoms with Gasteiger partial charge in [0.2, 0.25) is 0 Å². The number of nitrogens with zero attached hydrogens (tertiary/aromatic N) is 1. The first-order valence-corrected chi connectivity index (χ1v) is 18.0. The van der Waals surface area contributed by atoms with Gasteiger partial charge >= 0.3 is 12.4 Å². The predicted octanol–water partition coefficient (Wildman–Crippen LogP) is 10.7. The Morgan fingerprint density at radius 2 is 0.982 bits per heavy atom. The van der Waals surface area contributed by atoms with Gasteiger partial charge < -0.3 is 15.5 Å². The molecule has 2 unspecified atom stereocenters. The Labute approximate surface area is 328 Å². The van der Waals surface area contributed by atoms with Crippen LogP contribution in [0.2, 0.25) is 0 Å². The molecule has 0 amide bonds. The van der Waals surface area contributed by atoms with Crippen molar-refractivity contribution in [1.29, 1.82) is 0 Å². The lowest BCUT2D eigenvalue weighted by Gasteiger charge is -2.21. The number of carbonyl (C=O) groups is 1. The summed E-state index contributed by atoms with van der Waals surface area (Å²) in [6, 6.07) is 43.1. The SMILES string of the molecule is CN(Cc1ccc(-c2ccccc2C(F)(F)F)cc1)CC(O)c1ccccc1.CNCC(O)c1ccccc1.O=Cc1ccc(-c2ccccc2C(F)(F)F)cc1. The lowest BCUT2D eigenvalue weighted by Crippen LogP contribution is -2.24. The molecule has 298 valence electrons. The Bertz CT molecular complexity index is 2090. The van der Waals surface area contributed by atoms with Crippen molar-refractivity contribution in [3.63, 3.8) is 0 Å². The first kappa shape index (κ1) is 44.1. The van der Waals surface area contributed by atoms with Crippen LogP contribution in [0.15, 0.2) is 158 Å². The van der Waals surface area contributed by atoms with Crippen molar-refractivity contribution in [2.24, 2.45) is 0 Å². The summed E-state index contributed by atoms with van der Waals surface area (Å²) < 4.78 is 78.1. The number of hydrogen-bond donors (Lipinski definition) is 3. The van der Waals surface area contributed by atoms with Crippen LogP contribution < -0.4 is 5.32 Å². The van der Waals surface area contributed by atoms with Crippen molar-refractivity contribution < 1.29 is 41.4 Å². The second-order valence-corrected chi connectivity index (χ2v) is 13.1. The van der Waals surface area contributed by atoms with Crippen LogP contribution in [-0.2, 0) is 18.9 Å². The number of aldehydes is 1. The number of carbonyl (C=O) groups excluding carboxylic acids is 1. The molecule has 0 aliphatic carbocycles. The highest BCUT2D eigenvalue weighted by atomic mass is 19.4. The number of aliphatic hydroxyl groups excluding tert-OH is 2. The van der Waals surface area contributed by atoms with Crippen molar-refractivity contribution in [3.8, 4) is 22.3 Å². The maximum absolute atomic E-state index is 13.2. The lowest BCUT2D eigenvalue weighted by molar-refractivity contribution is -0.137. The van der Waals surface area contributed by atoms with Crippen LogP contribution in [0.1, 0.15) is 50.4 Å². The lowest BCUT2D eigenvalue weighted by atomic mass is 9.98. The molecule has 0 bridgehead atoms. The maximum Gasteiger partial charge on any atom is 0.417 e. The van der Waals surface area contributed by atoms with E-state index in [1.54, 1.807) is 24.3 Å². The van der Waals surface area contributed by atoms with E-state index in [4.69, 9.17) is 0 Å². The molecule has 0 fully saturated rings. The smallest absolute Gasteiger partial charge is 0.387 e. The molecule has 0 saturated heterocycles. The third-order valence-corrected chi connectivity index (χ3v) is 8.79. The Balaban J connectivity index is 0.000000211. The van der Waals surface area contributed by atoms with Gasteiger partial charge in [-0.2, -0.15) is 26.3 Å². The number of rotatable bonds is 11. The number of likely N-dealkylation sites (N-methyl/N-ethyl adjacent to an activating group) is 2. The fourth-order valence-electron chi connectivity index (χ4n) is 5.93. The average molecular weight is 787 g/mol. The van der Waals surface area contributed by atoms with Gasteiger partial charge in [-0.3, -0.25) is 9.69 Å². The largest absolute Gasteiger partial charge is 0.417 e. The molecular weight excluding hydrogens is 743 g/mol. The molecule has 3 N–H and O–H groups in total. The topological polar surface area (TPSA) is 72.8 Å².